The molecule has 18 N–H and O–H groups in total. The Labute approximate surface area is 191 Å². The second kappa shape index (κ2) is 21.0. The molecule has 0 saturated heterocycles. The first-order valence-corrected chi connectivity index (χ1v) is 14.1. The summed E-state index contributed by atoms with van der Waals surface area (Å²) in [6.45, 7) is 0. The van der Waals surface area contributed by atoms with E-state index < -0.39 is 46.9 Å². The standard InChI is InChI=1S/Na.6H3O4P.H/c;6*1-5(2,3)4;/h;6*(H3,1,2,3,4);. The first kappa shape index (κ1) is 49.7. The second-order valence-electron chi connectivity index (χ2n) is 3.08. The molecule has 0 spiro atoms. The zero-order valence-corrected chi connectivity index (χ0v) is 18.5. The Morgan fingerprint density at radius 2 is 0.226 bits per heavy atom. The summed E-state index contributed by atoms with van der Waals surface area (Å²) in [5.41, 5.74) is 0. The molecule has 0 heterocycles. The predicted molar refractivity (Wildman–Crippen MR) is 92.7 cm³/mol. The minimum absolute atomic E-state index is 0. The van der Waals surface area contributed by atoms with E-state index in [-0.39, 0.29) is 29.6 Å². The molecule has 31 heteroatoms. The van der Waals surface area contributed by atoms with E-state index >= 15 is 0 Å². The van der Waals surface area contributed by atoms with Crippen LogP contribution in [0.2, 0.25) is 0 Å². The van der Waals surface area contributed by atoms with Crippen molar-refractivity contribution in [3.05, 3.63) is 0 Å². The summed E-state index contributed by atoms with van der Waals surface area (Å²) in [5.74, 6) is 0. The van der Waals surface area contributed by atoms with Crippen LogP contribution in [0.5, 0.6) is 0 Å². The van der Waals surface area contributed by atoms with Crippen LogP contribution in [0.1, 0.15) is 0 Å². The summed E-state index contributed by atoms with van der Waals surface area (Å²) in [5, 5.41) is 0. The first-order valence-electron chi connectivity index (χ1n) is 4.70. The van der Waals surface area contributed by atoms with Crippen molar-refractivity contribution in [2.24, 2.45) is 0 Å². The maximum atomic E-state index is 8.88. The van der Waals surface area contributed by atoms with E-state index in [9.17, 15) is 0 Å². The van der Waals surface area contributed by atoms with Crippen molar-refractivity contribution in [1.82, 2.24) is 0 Å². The van der Waals surface area contributed by atoms with Gasteiger partial charge in [-0.2, -0.15) is 0 Å². The molecule has 0 fully saturated rings. The third-order valence-corrected chi connectivity index (χ3v) is 0. The van der Waals surface area contributed by atoms with Crippen LogP contribution in [0.15, 0.2) is 0 Å². The van der Waals surface area contributed by atoms with Crippen molar-refractivity contribution >= 4 is 76.5 Å². The molecular weight excluding hydrogens is 593 g/mol. The Hall–Kier alpha value is 1.66. The number of hydrogen-bond acceptors (Lipinski definition) is 6. The van der Waals surface area contributed by atoms with Gasteiger partial charge in [0.25, 0.3) is 0 Å². The number of hydrogen-bond donors (Lipinski definition) is 18. The van der Waals surface area contributed by atoms with Gasteiger partial charge in [0, 0.05) is 0 Å². The molecular formula is H19NaO24P6. The van der Waals surface area contributed by atoms with E-state index in [4.69, 9.17) is 115 Å². The van der Waals surface area contributed by atoms with E-state index in [0.29, 0.717) is 0 Å². The predicted octanol–water partition coefficient (Wildman–Crippen LogP) is -6.22. The number of phosphoric acid groups is 6. The van der Waals surface area contributed by atoms with Crippen LogP contribution in [0.4, 0.5) is 0 Å². The molecule has 0 atom stereocenters. The molecule has 0 rings (SSSR count). The Bertz CT molecular complexity index is 460. The average molecular weight is 612 g/mol. The number of rotatable bonds is 0. The van der Waals surface area contributed by atoms with Gasteiger partial charge in [-0.1, -0.05) is 0 Å². The Kier molecular flexibility index (Phi) is 33.7. The summed E-state index contributed by atoms with van der Waals surface area (Å²) in [6, 6.07) is 0. The maximum absolute atomic E-state index is 8.88. The van der Waals surface area contributed by atoms with Crippen LogP contribution in [0, 0.1) is 0 Å². The van der Waals surface area contributed by atoms with E-state index in [1.807, 2.05) is 0 Å². The molecule has 0 aromatic carbocycles. The van der Waals surface area contributed by atoms with E-state index in [1.165, 1.54) is 0 Å². The average Bonchev–Trinajstić information content (AvgIpc) is 1.94. The van der Waals surface area contributed by atoms with Gasteiger partial charge in [-0.15, -0.1) is 0 Å². The Morgan fingerprint density at radius 3 is 0.226 bits per heavy atom. The molecule has 0 bridgehead atoms. The zero-order chi connectivity index (χ0) is 27.0. The van der Waals surface area contributed by atoms with Gasteiger partial charge in [-0.25, -0.2) is 27.4 Å². The van der Waals surface area contributed by atoms with Gasteiger partial charge in [-0.05, 0) is 0 Å². The fourth-order valence-electron chi connectivity index (χ4n) is 0. The van der Waals surface area contributed by atoms with E-state index in [1.54, 1.807) is 0 Å². The quantitative estimate of drug-likeness (QED) is 0.0893. The normalized spacial score (nSPS) is 11.4. The van der Waals surface area contributed by atoms with Crippen LogP contribution in [-0.2, 0) is 27.4 Å². The van der Waals surface area contributed by atoms with Gasteiger partial charge in [0.15, 0.2) is 0 Å². The summed E-state index contributed by atoms with van der Waals surface area (Å²) in [4.78, 5) is 129. The summed E-state index contributed by atoms with van der Waals surface area (Å²) < 4.78 is 53.3. The zero-order valence-electron chi connectivity index (χ0n) is 13.2. The van der Waals surface area contributed by atoms with Gasteiger partial charge >= 0.3 is 76.5 Å². The third-order valence-electron chi connectivity index (χ3n) is 0. The molecule has 0 amide bonds. The summed E-state index contributed by atoms with van der Waals surface area (Å²) in [7, 11) is -27.8. The van der Waals surface area contributed by atoms with Crippen LogP contribution in [0.3, 0.4) is 0 Å². The topological polar surface area (TPSA) is 467 Å². The monoisotopic (exact) mass is 612 g/mol. The molecule has 0 aromatic heterocycles. The SMILES string of the molecule is O=P(O)(O)O.O=P(O)(O)O.O=P(O)(O)O.O=P(O)(O)O.O=P(O)(O)O.O=P(O)(O)O.[NaH]. The Balaban J connectivity index is -0.0000000443. The van der Waals surface area contributed by atoms with Gasteiger partial charge in [0.2, 0.25) is 0 Å². The molecule has 0 aliphatic heterocycles. The summed E-state index contributed by atoms with van der Waals surface area (Å²) >= 11 is 0. The van der Waals surface area contributed by atoms with E-state index in [2.05, 4.69) is 0 Å². The fraction of sp³-hybridized carbons (Fsp3) is 0. The van der Waals surface area contributed by atoms with Crippen LogP contribution >= 0.6 is 46.9 Å². The van der Waals surface area contributed by atoms with Crippen molar-refractivity contribution < 1.29 is 115 Å². The molecule has 194 valence electrons. The molecule has 0 saturated carbocycles. The van der Waals surface area contributed by atoms with Crippen molar-refractivity contribution in [2.75, 3.05) is 0 Å². The van der Waals surface area contributed by atoms with Crippen molar-refractivity contribution in [1.29, 1.82) is 0 Å². The molecule has 0 aromatic rings. The van der Waals surface area contributed by atoms with Gasteiger partial charge in [0.1, 0.15) is 0 Å². The molecule has 0 aliphatic carbocycles. The van der Waals surface area contributed by atoms with Crippen molar-refractivity contribution in [3.63, 3.8) is 0 Å². The van der Waals surface area contributed by atoms with Gasteiger partial charge < -0.3 is 88.1 Å². The van der Waals surface area contributed by atoms with Crippen LogP contribution in [-0.4, -0.2) is 118 Å². The van der Waals surface area contributed by atoms with E-state index in [0.717, 1.165) is 0 Å². The Morgan fingerprint density at radius 1 is 0.226 bits per heavy atom. The van der Waals surface area contributed by atoms with Crippen molar-refractivity contribution in [2.45, 2.75) is 0 Å². The van der Waals surface area contributed by atoms with Gasteiger partial charge in [0.05, 0.1) is 0 Å². The van der Waals surface area contributed by atoms with Crippen molar-refractivity contribution in [3.8, 4) is 0 Å². The van der Waals surface area contributed by atoms with Crippen LogP contribution in [0.25, 0.3) is 0 Å². The van der Waals surface area contributed by atoms with Gasteiger partial charge in [-0.3, -0.25) is 0 Å². The fourth-order valence-corrected chi connectivity index (χ4v) is 0. The summed E-state index contributed by atoms with van der Waals surface area (Å²) in [6.07, 6.45) is 0. The second-order valence-corrected chi connectivity index (χ2v) is 9.24. The first-order chi connectivity index (χ1) is 12.0. The molecule has 0 unspecified atom stereocenters. The minimum atomic E-state index is -4.64. The molecule has 31 heavy (non-hydrogen) atoms. The van der Waals surface area contributed by atoms with Crippen LogP contribution < -0.4 is 0 Å². The molecule has 24 nitrogen and oxygen atoms in total. The molecule has 0 aliphatic rings. The molecule has 0 radical (unpaired) electrons. The third kappa shape index (κ3) is 10100.